The molecule has 4 nitrogen and oxygen atoms in total. The van der Waals surface area contributed by atoms with Crippen molar-refractivity contribution in [1.29, 1.82) is 5.26 Å². The van der Waals surface area contributed by atoms with Crippen molar-refractivity contribution in [1.82, 2.24) is 0 Å². The Kier molecular flexibility index (Phi) is 3.74. The van der Waals surface area contributed by atoms with E-state index in [1.54, 1.807) is 36.4 Å². The Hall–Kier alpha value is -2.45. The zero-order valence-corrected chi connectivity index (χ0v) is 10.5. The summed E-state index contributed by atoms with van der Waals surface area (Å²) in [7, 11) is 0. The van der Waals surface area contributed by atoms with Crippen LogP contribution in [-0.4, -0.2) is 16.2 Å². The van der Waals surface area contributed by atoms with Crippen LogP contribution in [0.2, 0.25) is 0 Å². The molecule has 0 radical (unpaired) electrons. The van der Waals surface area contributed by atoms with Gasteiger partial charge in [-0.3, -0.25) is 0 Å². The van der Waals surface area contributed by atoms with E-state index in [2.05, 4.69) is 0 Å². The van der Waals surface area contributed by atoms with Gasteiger partial charge in [0.2, 0.25) is 0 Å². The molecule has 0 saturated carbocycles. The van der Waals surface area contributed by atoms with Crippen LogP contribution in [0.4, 0.5) is 0 Å². The average molecular weight is 271 g/mol. The van der Waals surface area contributed by atoms with Gasteiger partial charge in [-0.2, -0.15) is 5.26 Å². The summed E-state index contributed by atoms with van der Waals surface area (Å²) in [5, 5.41) is 27.0. The van der Waals surface area contributed by atoms with E-state index in [1.807, 2.05) is 6.07 Å². The van der Waals surface area contributed by atoms with Crippen molar-refractivity contribution in [2.24, 2.45) is 0 Å². The van der Waals surface area contributed by atoms with Crippen LogP contribution >= 0.6 is 11.8 Å². The van der Waals surface area contributed by atoms with Crippen molar-refractivity contribution < 1.29 is 15.0 Å². The first kappa shape index (κ1) is 13.0. The number of carboxylic acids is 1. The Balaban J connectivity index is 2.29. The first-order valence-electron chi connectivity index (χ1n) is 5.34. The maximum absolute atomic E-state index is 10.9. The molecule has 0 aliphatic carbocycles. The van der Waals surface area contributed by atoms with Crippen LogP contribution in [0, 0.1) is 11.3 Å². The highest BCUT2D eigenvalue weighted by molar-refractivity contribution is 7.99. The highest BCUT2D eigenvalue weighted by Gasteiger charge is 2.10. The first-order valence-corrected chi connectivity index (χ1v) is 6.16. The zero-order chi connectivity index (χ0) is 13.8. The fourth-order valence-corrected chi connectivity index (χ4v) is 2.37. The number of phenols is 1. The molecule has 94 valence electrons. The van der Waals surface area contributed by atoms with Gasteiger partial charge in [-0.05, 0) is 42.5 Å². The third-order valence-electron chi connectivity index (χ3n) is 2.41. The second-order valence-electron chi connectivity index (χ2n) is 3.72. The molecule has 0 bridgehead atoms. The summed E-state index contributed by atoms with van der Waals surface area (Å²) in [6.45, 7) is 0. The lowest BCUT2D eigenvalue weighted by Gasteiger charge is -2.04. The first-order chi connectivity index (χ1) is 9.10. The van der Waals surface area contributed by atoms with Crippen molar-refractivity contribution in [3.05, 3.63) is 53.6 Å². The summed E-state index contributed by atoms with van der Waals surface area (Å²) < 4.78 is 0. The van der Waals surface area contributed by atoms with E-state index >= 15 is 0 Å². The molecule has 0 saturated heterocycles. The van der Waals surface area contributed by atoms with Gasteiger partial charge in [0.1, 0.15) is 11.8 Å². The van der Waals surface area contributed by atoms with Crippen LogP contribution in [0.25, 0.3) is 0 Å². The largest absolute Gasteiger partial charge is 0.508 e. The minimum atomic E-state index is -1.11. The summed E-state index contributed by atoms with van der Waals surface area (Å²) in [5.41, 5.74) is 0.133. The zero-order valence-electron chi connectivity index (χ0n) is 9.70. The van der Waals surface area contributed by atoms with Gasteiger partial charge in [0.15, 0.2) is 0 Å². The molecule has 2 N–H and O–H groups in total. The highest BCUT2D eigenvalue weighted by atomic mass is 32.2. The van der Waals surface area contributed by atoms with Crippen LogP contribution < -0.4 is 0 Å². The maximum Gasteiger partial charge on any atom is 0.337 e. The van der Waals surface area contributed by atoms with E-state index in [-0.39, 0.29) is 16.9 Å². The lowest BCUT2D eigenvalue weighted by Crippen LogP contribution is -1.99. The third kappa shape index (κ3) is 3.06. The van der Waals surface area contributed by atoms with Crippen LogP contribution in [0.15, 0.2) is 52.3 Å². The van der Waals surface area contributed by atoms with E-state index < -0.39 is 5.97 Å². The second-order valence-corrected chi connectivity index (χ2v) is 4.87. The Bertz CT molecular complexity index is 659. The number of nitrogens with zero attached hydrogens (tertiary/aromatic N) is 1. The molecular formula is C14H9NO3S. The van der Waals surface area contributed by atoms with Crippen LogP contribution in [0.5, 0.6) is 5.75 Å². The van der Waals surface area contributed by atoms with E-state index in [0.717, 1.165) is 9.79 Å². The molecule has 0 aliphatic heterocycles. The molecule has 0 fully saturated rings. The second kappa shape index (κ2) is 5.46. The molecule has 0 aliphatic rings. The number of rotatable bonds is 3. The smallest absolute Gasteiger partial charge is 0.337 e. The number of carboxylic acid groups (broad SMARTS) is 1. The van der Waals surface area contributed by atoms with E-state index in [0.29, 0.717) is 0 Å². The van der Waals surface area contributed by atoms with Crippen LogP contribution in [0.1, 0.15) is 15.9 Å². The van der Waals surface area contributed by atoms with Gasteiger partial charge in [0, 0.05) is 9.79 Å². The molecule has 2 aromatic carbocycles. The van der Waals surface area contributed by atoms with Crippen LogP contribution in [-0.2, 0) is 0 Å². The standard InChI is InChI=1S/C14H9NO3S/c15-8-9-7-12(5-6-13(9)14(17)18)19-11-3-1-10(16)2-4-11/h1-7,16H,(H,17,18). The number of benzene rings is 2. The Morgan fingerprint density at radius 1 is 1.11 bits per heavy atom. The lowest BCUT2D eigenvalue weighted by molar-refractivity contribution is 0.0696. The van der Waals surface area contributed by atoms with Gasteiger partial charge in [-0.1, -0.05) is 11.8 Å². The molecule has 2 rings (SSSR count). The molecule has 0 atom stereocenters. The molecule has 0 heterocycles. The molecule has 0 aromatic heterocycles. The summed E-state index contributed by atoms with van der Waals surface area (Å²) in [5.74, 6) is -0.930. The molecule has 5 heteroatoms. The van der Waals surface area contributed by atoms with E-state index in [4.69, 9.17) is 10.4 Å². The number of hydrogen-bond acceptors (Lipinski definition) is 4. The van der Waals surface area contributed by atoms with Gasteiger partial charge >= 0.3 is 5.97 Å². The van der Waals surface area contributed by atoms with Crippen molar-refractivity contribution in [3.8, 4) is 11.8 Å². The monoisotopic (exact) mass is 271 g/mol. The van der Waals surface area contributed by atoms with Gasteiger partial charge < -0.3 is 10.2 Å². The van der Waals surface area contributed by atoms with Crippen molar-refractivity contribution >= 4 is 17.7 Å². The van der Waals surface area contributed by atoms with E-state index in [1.165, 1.54) is 17.8 Å². The van der Waals surface area contributed by atoms with Crippen molar-refractivity contribution in [2.75, 3.05) is 0 Å². The molecule has 0 spiro atoms. The predicted octanol–water partition coefficient (Wildman–Crippen LogP) is 3.11. The van der Waals surface area contributed by atoms with E-state index in [9.17, 15) is 9.90 Å². The van der Waals surface area contributed by atoms with Gasteiger partial charge in [-0.25, -0.2) is 4.79 Å². The number of carbonyl (C=O) groups is 1. The van der Waals surface area contributed by atoms with Gasteiger partial charge in [-0.15, -0.1) is 0 Å². The maximum atomic E-state index is 10.9. The summed E-state index contributed by atoms with van der Waals surface area (Å²) in [6, 6.07) is 13.1. The summed E-state index contributed by atoms with van der Waals surface area (Å²) >= 11 is 1.39. The quantitative estimate of drug-likeness (QED) is 0.896. The van der Waals surface area contributed by atoms with Crippen molar-refractivity contribution in [3.63, 3.8) is 0 Å². The number of aromatic hydroxyl groups is 1. The number of hydrogen-bond donors (Lipinski definition) is 2. The minimum Gasteiger partial charge on any atom is -0.508 e. The van der Waals surface area contributed by atoms with Crippen molar-refractivity contribution in [2.45, 2.75) is 9.79 Å². The Morgan fingerprint density at radius 2 is 1.74 bits per heavy atom. The number of nitriles is 1. The third-order valence-corrected chi connectivity index (χ3v) is 3.41. The molecule has 0 unspecified atom stereocenters. The number of phenolic OH excluding ortho intramolecular Hbond substituents is 1. The SMILES string of the molecule is N#Cc1cc(Sc2ccc(O)cc2)ccc1C(=O)O. The Morgan fingerprint density at radius 3 is 2.32 bits per heavy atom. The number of aromatic carboxylic acids is 1. The predicted molar refractivity (Wildman–Crippen MR) is 70.3 cm³/mol. The lowest BCUT2D eigenvalue weighted by atomic mass is 10.1. The highest BCUT2D eigenvalue weighted by Crippen LogP contribution is 2.30. The Labute approximate surface area is 113 Å². The van der Waals surface area contributed by atoms with Gasteiger partial charge in [0.05, 0.1) is 11.1 Å². The topological polar surface area (TPSA) is 81.3 Å². The average Bonchev–Trinajstić information content (AvgIpc) is 2.41. The fourth-order valence-electron chi connectivity index (χ4n) is 1.52. The fraction of sp³-hybridized carbons (Fsp3) is 0. The summed E-state index contributed by atoms with van der Waals surface area (Å²) in [4.78, 5) is 12.6. The molecule has 19 heavy (non-hydrogen) atoms. The van der Waals surface area contributed by atoms with Gasteiger partial charge in [0.25, 0.3) is 0 Å². The molecular weight excluding hydrogens is 262 g/mol. The van der Waals surface area contributed by atoms with Crippen LogP contribution in [0.3, 0.4) is 0 Å². The molecule has 2 aromatic rings. The normalized spacial score (nSPS) is 9.84. The summed E-state index contributed by atoms with van der Waals surface area (Å²) in [6.07, 6.45) is 0. The molecule has 0 amide bonds. The minimum absolute atomic E-state index is 0.00226.